The van der Waals surface area contributed by atoms with Crippen LogP contribution in [0.2, 0.25) is 0 Å². The van der Waals surface area contributed by atoms with Gasteiger partial charge in [0.15, 0.2) is 0 Å². The standard InChI is InChI=1S/C12H11FN2O3/c1-15-11(12(16)17)6-9(14-15)7-18-10-4-2-3-8(13)5-10/h2-6H,7H2,1H3,(H,16,17). The van der Waals surface area contributed by atoms with Gasteiger partial charge >= 0.3 is 5.97 Å². The fourth-order valence-electron chi connectivity index (χ4n) is 1.51. The Morgan fingerprint density at radius 2 is 2.28 bits per heavy atom. The van der Waals surface area contributed by atoms with E-state index in [1.807, 2.05) is 0 Å². The highest BCUT2D eigenvalue weighted by Gasteiger charge is 2.11. The van der Waals surface area contributed by atoms with Crippen molar-refractivity contribution in [3.05, 3.63) is 47.5 Å². The molecule has 0 fully saturated rings. The molecule has 1 aromatic heterocycles. The molecule has 0 aliphatic heterocycles. The second-order valence-electron chi connectivity index (χ2n) is 3.70. The number of hydrogen-bond donors (Lipinski definition) is 1. The lowest BCUT2D eigenvalue weighted by atomic mass is 10.3. The van der Waals surface area contributed by atoms with E-state index in [0.29, 0.717) is 11.4 Å². The largest absolute Gasteiger partial charge is 0.487 e. The van der Waals surface area contributed by atoms with Crippen LogP contribution in [0.5, 0.6) is 5.75 Å². The van der Waals surface area contributed by atoms with Crippen LogP contribution in [0.3, 0.4) is 0 Å². The molecule has 0 amide bonds. The Morgan fingerprint density at radius 3 is 2.89 bits per heavy atom. The van der Waals surface area contributed by atoms with Crippen LogP contribution >= 0.6 is 0 Å². The van der Waals surface area contributed by atoms with E-state index < -0.39 is 5.97 Å². The molecule has 0 aliphatic carbocycles. The third kappa shape index (κ3) is 2.65. The summed E-state index contributed by atoms with van der Waals surface area (Å²) in [6.07, 6.45) is 0. The monoisotopic (exact) mass is 250 g/mol. The molecule has 5 nitrogen and oxygen atoms in total. The van der Waals surface area contributed by atoms with Crippen molar-refractivity contribution >= 4 is 5.97 Å². The van der Waals surface area contributed by atoms with E-state index in [9.17, 15) is 9.18 Å². The lowest BCUT2D eigenvalue weighted by molar-refractivity contribution is 0.0685. The van der Waals surface area contributed by atoms with Crippen LogP contribution < -0.4 is 4.74 Å². The van der Waals surface area contributed by atoms with Gasteiger partial charge in [0.05, 0.1) is 0 Å². The Kier molecular flexibility index (Phi) is 3.27. The summed E-state index contributed by atoms with van der Waals surface area (Å²) in [5.74, 6) is -1.07. The summed E-state index contributed by atoms with van der Waals surface area (Å²) in [6.45, 7) is 0.0879. The molecule has 1 aromatic carbocycles. The van der Waals surface area contributed by atoms with Gasteiger partial charge in [0.1, 0.15) is 29.6 Å². The first-order chi connectivity index (χ1) is 8.56. The molecule has 1 heterocycles. The smallest absolute Gasteiger partial charge is 0.354 e. The highest BCUT2D eigenvalue weighted by atomic mass is 19.1. The van der Waals surface area contributed by atoms with E-state index in [1.165, 1.54) is 36.0 Å². The average molecular weight is 250 g/mol. The van der Waals surface area contributed by atoms with Gasteiger partial charge in [-0.05, 0) is 18.2 Å². The molecule has 2 aromatic rings. The molecular weight excluding hydrogens is 239 g/mol. The molecule has 94 valence electrons. The molecule has 1 N–H and O–H groups in total. The Bertz CT molecular complexity index is 580. The number of hydrogen-bond acceptors (Lipinski definition) is 3. The molecule has 0 spiro atoms. The van der Waals surface area contributed by atoms with Gasteiger partial charge in [0, 0.05) is 13.1 Å². The highest BCUT2D eigenvalue weighted by molar-refractivity contribution is 5.85. The molecule has 0 saturated carbocycles. The summed E-state index contributed by atoms with van der Waals surface area (Å²) < 4.78 is 19.5. The first-order valence-corrected chi connectivity index (χ1v) is 5.21. The van der Waals surface area contributed by atoms with Gasteiger partial charge in [0.25, 0.3) is 0 Å². The Labute approximate surface area is 102 Å². The summed E-state index contributed by atoms with van der Waals surface area (Å²) in [7, 11) is 1.54. The van der Waals surface area contributed by atoms with Crippen LogP contribution in [0.4, 0.5) is 4.39 Å². The number of halogens is 1. The van der Waals surface area contributed by atoms with E-state index in [2.05, 4.69) is 5.10 Å². The second-order valence-corrected chi connectivity index (χ2v) is 3.70. The third-order valence-electron chi connectivity index (χ3n) is 2.33. The van der Waals surface area contributed by atoms with Crippen LogP contribution in [0.1, 0.15) is 16.2 Å². The Hall–Kier alpha value is -2.37. The SMILES string of the molecule is Cn1nc(COc2cccc(F)c2)cc1C(=O)O. The lowest BCUT2D eigenvalue weighted by Crippen LogP contribution is -2.04. The van der Waals surface area contributed by atoms with Gasteiger partial charge in [-0.1, -0.05) is 6.07 Å². The first-order valence-electron chi connectivity index (χ1n) is 5.21. The summed E-state index contributed by atoms with van der Waals surface area (Å²) in [4.78, 5) is 10.8. The van der Waals surface area contributed by atoms with Crippen LogP contribution in [0.15, 0.2) is 30.3 Å². The number of carboxylic acids is 1. The van der Waals surface area contributed by atoms with Gasteiger partial charge in [0.2, 0.25) is 0 Å². The minimum atomic E-state index is -1.05. The summed E-state index contributed by atoms with van der Waals surface area (Å²) in [5.41, 5.74) is 0.548. The second kappa shape index (κ2) is 4.87. The maximum atomic E-state index is 12.9. The van der Waals surface area contributed by atoms with E-state index in [-0.39, 0.29) is 18.1 Å². The van der Waals surface area contributed by atoms with Gasteiger partial charge in [-0.15, -0.1) is 0 Å². The van der Waals surface area contributed by atoms with Crippen molar-refractivity contribution in [2.75, 3.05) is 0 Å². The zero-order chi connectivity index (χ0) is 13.1. The number of aromatic nitrogens is 2. The molecule has 0 aliphatic rings. The zero-order valence-corrected chi connectivity index (χ0v) is 9.63. The number of carbonyl (C=O) groups is 1. The van der Waals surface area contributed by atoms with E-state index >= 15 is 0 Å². The van der Waals surface area contributed by atoms with E-state index in [0.717, 1.165) is 0 Å². The topological polar surface area (TPSA) is 64.4 Å². The van der Waals surface area contributed by atoms with Crippen LogP contribution in [-0.2, 0) is 13.7 Å². The third-order valence-corrected chi connectivity index (χ3v) is 2.33. The number of nitrogens with zero attached hydrogens (tertiary/aromatic N) is 2. The summed E-state index contributed by atoms with van der Waals surface area (Å²) >= 11 is 0. The van der Waals surface area contributed by atoms with Crippen molar-refractivity contribution in [1.82, 2.24) is 9.78 Å². The van der Waals surface area contributed by atoms with Crippen LogP contribution in [-0.4, -0.2) is 20.9 Å². The molecule has 18 heavy (non-hydrogen) atoms. The maximum Gasteiger partial charge on any atom is 0.354 e. The van der Waals surface area contributed by atoms with Crippen LogP contribution in [0, 0.1) is 5.82 Å². The lowest BCUT2D eigenvalue weighted by Gasteiger charge is -2.03. The molecule has 0 bridgehead atoms. The summed E-state index contributed by atoms with van der Waals surface area (Å²) in [6, 6.07) is 7.13. The quantitative estimate of drug-likeness (QED) is 0.899. The zero-order valence-electron chi connectivity index (χ0n) is 9.63. The maximum absolute atomic E-state index is 12.9. The minimum absolute atomic E-state index is 0.0767. The normalized spacial score (nSPS) is 10.3. The van der Waals surface area contributed by atoms with Crippen molar-refractivity contribution in [3.63, 3.8) is 0 Å². The highest BCUT2D eigenvalue weighted by Crippen LogP contribution is 2.14. The van der Waals surface area contributed by atoms with Crippen molar-refractivity contribution in [2.24, 2.45) is 7.05 Å². The van der Waals surface area contributed by atoms with Gasteiger partial charge in [-0.2, -0.15) is 5.10 Å². The molecule has 6 heteroatoms. The van der Waals surface area contributed by atoms with Crippen molar-refractivity contribution in [1.29, 1.82) is 0 Å². The Morgan fingerprint density at radius 1 is 1.50 bits per heavy atom. The molecule has 0 atom stereocenters. The molecular formula is C12H11FN2O3. The number of carboxylic acid groups (broad SMARTS) is 1. The first kappa shape index (κ1) is 12.1. The molecule has 0 radical (unpaired) electrons. The number of benzene rings is 1. The predicted molar refractivity (Wildman–Crippen MR) is 60.9 cm³/mol. The van der Waals surface area contributed by atoms with Crippen LogP contribution in [0.25, 0.3) is 0 Å². The van der Waals surface area contributed by atoms with E-state index in [1.54, 1.807) is 6.07 Å². The fourth-order valence-corrected chi connectivity index (χ4v) is 1.51. The molecule has 2 rings (SSSR count). The Balaban J connectivity index is 2.06. The number of aryl methyl sites for hydroxylation is 1. The van der Waals surface area contributed by atoms with Gasteiger partial charge in [-0.25, -0.2) is 9.18 Å². The van der Waals surface area contributed by atoms with Gasteiger partial charge in [-0.3, -0.25) is 4.68 Å². The predicted octanol–water partition coefficient (Wildman–Crippen LogP) is 1.84. The van der Waals surface area contributed by atoms with Crippen molar-refractivity contribution in [2.45, 2.75) is 6.61 Å². The number of rotatable bonds is 4. The minimum Gasteiger partial charge on any atom is -0.487 e. The average Bonchev–Trinajstić information content (AvgIpc) is 2.68. The fraction of sp³-hybridized carbons (Fsp3) is 0.167. The van der Waals surface area contributed by atoms with Crippen molar-refractivity contribution < 1.29 is 19.0 Å². The molecule has 0 unspecified atom stereocenters. The number of ether oxygens (including phenoxy) is 1. The van der Waals surface area contributed by atoms with E-state index in [4.69, 9.17) is 9.84 Å². The van der Waals surface area contributed by atoms with Gasteiger partial charge < -0.3 is 9.84 Å². The molecule has 0 saturated heterocycles. The van der Waals surface area contributed by atoms with Crippen molar-refractivity contribution in [3.8, 4) is 5.75 Å². The summed E-state index contributed by atoms with van der Waals surface area (Å²) in [5, 5.41) is 12.8. The number of aromatic carboxylic acids is 1.